The monoisotopic (exact) mass is 261 g/mol. The predicted molar refractivity (Wildman–Crippen MR) is 60.4 cm³/mol. The summed E-state index contributed by atoms with van der Waals surface area (Å²) in [6, 6.07) is 6.97. The first-order valence-electron chi connectivity index (χ1n) is 5.38. The molecule has 18 heavy (non-hydrogen) atoms. The zero-order valence-electron chi connectivity index (χ0n) is 9.88. The van der Waals surface area contributed by atoms with Crippen LogP contribution in [0.1, 0.15) is 15.9 Å². The first-order chi connectivity index (χ1) is 8.40. The quantitative estimate of drug-likeness (QED) is 0.826. The van der Waals surface area contributed by atoms with Crippen molar-refractivity contribution in [1.82, 2.24) is 5.32 Å². The summed E-state index contributed by atoms with van der Waals surface area (Å²) < 4.78 is 39.6. The molecule has 3 nitrogen and oxygen atoms in total. The van der Waals surface area contributed by atoms with Gasteiger partial charge in [-0.2, -0.15) is 13.2 Å². The SMILES string of the molecule is Cc1ccccc1C(=O)NCCOCC(F)(F)F. The van der Waals surface area contributed by atoms with Crippen molar-refractivity contribution >= 4 is 5.91 Å². The minimum Gasteiger partial charge on any atom is -0.370 e. The van der Waals surface area contributed by atoms with E-state index in [1.165, 1.54) is 0 Å². The molecule has 0 saturated carbocycles. The third-order valence-corrected chi connectivity index (χ3v) is 2.19. The summed E-state index contributed by atoms with van der Waals surface area (Å²) in [5.41, 5.74) is 1.32. The highest BCUT2D eigenvalue weighted by Gasteiger charge is 2.27. The van der Waals surface area contributed by atoms with Gasteiger partial charge in [0.1, 0.15) is 6.61 Å². The van der Waals surface area contributed by atoms with E-state index in [0.29, 0.717) is 5.56 Å². The Morgan fingerprint density at radius 2 is 2.00 bits per heavy atom. The van der Waals surface area contributed by atoms with E-state index in [0.717, 1.165) is 5.56 Å². The number of halogens is 3. The number of rotatable bonds is 5. The molecule has 1 amide bonds. The molecule has 0 saturated heterocycles. The lowest BCUT2D eigenvalue weighted by Gasteiger charge is -2.09. The molecule has 0 atom stereocenters. The molecule has 0 spiro atoms. The van der Waals surface area contributed by atoms with Crippen LogP contribution in [0, 0.1) is 6.92 Å². The lowest BCUT2D eigenvalue weighted by atomic mass is 10.1. The van der Waals surface area contributed by atoms with Crippen molar-refractivity contribution in [2.75, 3.05) is 19.8 Å². The van der Waals surface area contributed by atoms with Gasteiger partial charge in [0.15, 0.2) is 0 Å². The number of nitrogens with one attached hydrogen (secondary N) is 1. The predicted octanol–water partition coefficient (Wildman–Crippen LogP) is 2.30. The second-order valence-corrected chi connectivity index (χ2v) is 3.74. The Morgan fingerprint density at radius 3 is 2.61 bits per heavy atom. The first kappa shape index (κ1) is 14.5. The van der Waals surface area contributed by atoms with Crippen molar-refractivity contribution in [3.63, 3.8) is 0 Å². The molecule has 0 aliphatic carbocycles. The summed E-state index contributed by atoms with van der Waals surface area (Å²) >= 11 is 0. The Balaban J connectivity index is 2.28. The number of carbonyl (C=O) groups excluding carboxylic acids is 1. The van der Waals surface area contributed by atoms with Gasteiger partial charge in [0, 0.05) is 12.1 Å². The van der Waals surface area contributed by atoms with Crippen LogP contribution in [-0.4, -0.2) is 31.8 Å². The Morgan fingerprint density at radius 1 is 1.33 bits per heavy atom. The molecule has 1 aromatic carbocycles. The van der Waals surface area contributed by atoms with Gasteiger partial charge in [0.2, 0.25) is 0 Å². The number of amides is 1. The molecule has 0 radical (unpaired) electrons. The molecule has 0 unspecified atom stereocenters. The maximum Gasteiger partial charge on any atom is 0.411 e. The number of alkyl halides is 3. The topological polar surface area (TPSA) is 38.3 Å². The standard InChI is InChI=1S/C12H14F3NO2/c1-9-4-2-3-5-10(9)11(17)16-6-7-18-8-12(13,14)15/h2-5H,6-8H2,1H3,(H,16,17). The molecule has 0 fully saturated rings. The fraction of sp³-hybridized carbons (Fsp3) is 0.417. The van der Waals surface area contributed by atoms with Crippen molar-refractivity contribution in [2.24, 2.45) is 0 Å². The number of aryl methyl sites for hydroxylation is 1. The minimum atomic E-state index is -4.33. The molecular formula is C12H14F3NO2. The number of hydrogen-bond acceptors (Lipinski definition) is 2. The maximum absolute atomic E-state index is 11.7. The summed E-state index contributed by atoms with van der Waals surface area (Å²) in [5, 5.41) is 2.49. The molecule has 1 rings (SSSR count). The van der Waals surface area contributed by atoms with Gasteiger partial charge in [-0.05, 0) is 18.6 Å². The van der Waals surface area contributed by atoms with E-state index in [1.807, 2.05) is 0 Å². The molecule has 1 N–H and O–H groups in total. The second-order valence-electron chi connectivity index (χ2n) is 3.74. The third-order valence-electron chi connectivity index (χ3n) is 2.19. The van der Waals surface area contributed by atoms with E-state index in [1.54, 1.807) is 31.2 Å². The molecule has 100 valence electrons. The molecule has 0 aliphatic heterocycles. The van der Waals surface area contributed by atoms with Gasteiger partial charge in [0.25, 0.3) is 5.91 Å². The van der Waals surface area contributed by atoms with Crippen LogP contribution in [0.25, 0.3) is 0 Å². The van der Waals surface area contributed by atoms with Gasteiger partial charge in [0.05, 0.1) is 6.61 Å². The lowest BCUT2D eigenvalue weighted by Crippen LogP contribution is -2.29. The van der Waals surface area contributed by atoms with Gasteiger partial charge in [-0.15, -0.1) is 0 Å². The van der Waals surface area contributed by atoms with Gasteiger partial charge in [-0.3, -0.25) is 4.79 Å². The number of hydrogen-bond donors (Lipinski definition) is 1. The molecule has 0 aliphatic rings. The van der Waals surface area contributed by atoms with Crippen LogP contribution in [0.4, 0.5) is 13.2 Å². The van der Waals surface area contributed by atoms with E-state index in [-0.39, 0.29) is 19.1 Å². The smallest absolute Gasteiger partial charge is 0.370 e. The van der Waals surface area contributed by atoms with Gasteiger partial charge in [-0.25, -0.2) is 0 Å². The van der Waals surface area contributed by atoms with Crippen LogP contribution in [0.5, 0.6) is 0 Å². The minimum absolute atomic E-state index is 0.0449. The lowest BCUT2D eigenvalue weighted by molar-refractivity contribution is -0.173. The summed E-state index contributed by atoms with van der Waals surface area (Å²) in [6.07, 6.45) is -4.33. The van der Waals surface area contributed by atoms with E-state index in [4.69, 9.17) is 0 Å². The van der Waals surface area contributed by atoms with Crippen molar-refractivity contribution in [2.45, 2.75) is 13.1 Å². The number of ether oxygens (including phenoxy) is 1. The highest BCUT2D eigenvalue weighted by molar-refractivity contribution is 5.95. The summed E-state index contributed by atoms with van der Waals surface area (Å²) in [5.74, 6) is -0.316. The van der Waals surface area contributed by atoms with Crippen LogP contribution in [0.2, 0.25) is 0 Å². The van der Waals surface area contributed by atoms with Gasteiger partial charge < -0.3 is 10.1 Å². The van der Waals surface area contributed by atoms with Crippen molar-refractivity contribution in [3.05, 3.63) is 35.4 Å². The zero-order valence-corrected chi connectivity index (χ0v) is 9.88. The second kappa shape index (κ2) is 6.39. The van der Waals surface area contributed by atoms with Crippen molar-refractivity contribution in [1.29, 1.82) is 0 Å². The Kier molecular flexibility index (Phi) is 5.15. The maximum atomic E-state index is 11.7. The molecule has 0 bridgehead atoms. The van der Waals surface area contributed by atoms with Gasteiger partial charge in [-0.1, -0.05) is 18.2 Å². The number of carbonyl (C=O) groups is 1. The highest BCUT2D eigenvalue weighted by Crippen LogP contribution is 2.14. The molecule has 0 aromatic heterocycles. The first-order valence-corrected chi connectivity index (χ1v) is 5.38. The van der Waals surface area contributed by atoms with Crippen LogP contribution in [0.15, 0.2) is 24.3 Å². The summed E-state index contributed by atoms with van der Waals surface area (Å²) in [6.45, 7) is 0.364. The molecule has 0 heterocycles. The summed E-state index contributed by atoms with van der Waals surface area (Å²) in [7, 11) is 0. The molecular weight excluding hydrogens is 247 g/mol. The third kappa shape index (κ3) is 5.18. The van der Waals surface area contributed by atoms with Crippen LogP contribution in [-0.2, 0) is 4.74 Å². The average Bonchev–Trinajstić information content (AvgIpc) is 2.27. The van der Waals surface area contributed by atoms with E-state index in [2.05, 4.69) is 10.1 Å². The largest absolute Gasteiger partial charge is 0.411 e. The Hall–Kier alpha value is -1.56. The fourth-order valence-corrected chi connectivity index (χ4v) is 1.35. The number of benzene rings is 1. The van der Waals surface area contributed by atoms with E-state index in [9.17, 15) is 18.0 Å². The van der Waals surface area contributed by atoms with Crippen molar-refractivity contribution in [3.8, 4) is 0 Å². The molecule has 6 heteroatoms. The fourth-order valence-electron chi connectivity index (χ4n) is 1.35. The average molecular weight is 261 g/mol. The van der Waals surface area contributed by atoms with E-state index >= 15 is 0 Å². The zero-order chi connectivity index (χ0) is 13.6. The van der Waals surface area contributed by atoms with E-state index < -0.39 is 12.8 Å². The highest BCUT2D eigenvalue weighted by atomic mass is 19.4. The van der Waals surface area contributed by atoms with Gasteiger partial charge >= 0.3 is 6.18 Å². The van der Waals surface area contributed by atoms with Crippen molar-refractivity contribution < 1.29 is 22.7 Å². The normalized spacial score (nSPS) is 11.3. The van der Waals surface area contributed by atoms with Crippen LogP contribution in [0.3, 0.4) is 0 Å². The van der Waals surface area contributed by atoms with Crippen LogP contribution >= 0.6 is 0 Å². The molecule has 1 aromatic rings. The Bertz CT molecular complexity index is 405. The Labute approximate surface area is 103 Å². The summed E-state index contributed by atoms with van der Waals surface area (Å²) in [4.78, 5) is 11.6. The van der Waals surface area contributed by atoms with Crippen LogP contribution < -0.4 is 5.32 Å².